The summed E-state index contributed by atoms with van der Waals surface area (Å²) in [6, 6.07) is 4.07. The Kier molecular flexibility index (Phi) is 2.96. The van der Waals surface area contributed by atoms with E-state index < -0.39 is 5.82 Å². The normalized spacial score (nSPS) is 10.3. The number of rotatable bonds is 3. The number of halogens is 1. The van der Waals surface area contributed by atoms with Crippen molar-refractivity contribution in [1.82, 2.24) is 4.98 Å². The molecule has 1 heterocycles. The van der Waals surface area contributed by atoms with Crippen LogP contribution in [0.3, 0.4) is 0 Å². The van der Waals surface area contributed by atoms with Gasteiger partial charge in [-0.3, -0.25) is 4.79 Å². The summed E-state index contributed by atoms with van der Waals surface area (Å²) in [5.41, 5.74) is 5.70. The maximum atomic E-state index is 13.1. The zero-order chi connectivity index (χ0) is 11.5. The van der Waals surface area contributed by atoms with Crippen LogP contribution in [0.5, 0.6) is 0 Å². The number of anilines is 1. The molecule has 3 nitrogen and oxygen atoms in total. The quantitative estimate of drug-likeness (QED) is 0.657. The van der Waals surface area contributed by atoms with E-state index in [4.69, 9.17) is 5.73 Å². The van der Waals surface area contributed by atoms with Crippen LogP contribution in [-0.4, -0.2) is 10.8 Å². The van der Waals surface area contributed by atoms with Crippen LogP contribution in [0.25, 0.3) is 0 Å². The van der Waals surface area contributed by atoms with Crippen molar-refractivity contribution in [3.05, 3.63) is 46.2 Å². The molecule has 0 amide bonds. The van der Waals surface area contributed by atoms with Gasteiger partial charge in [-0.25, -0.2) is 9.37 Å². The highest BCUT2D eigenvalue weighted by atomic mass is 32.1. The molecule has 82 valence electrons. The van der Waals surface area contributed by atoms with Gasteiger partial charge in [-0.1, -0.05) is 0 Å². The molecule has 0 saturated carbocycles. The van der Waals surface area contributed by atoms with Gasteiger partial charge in [0.15, 0.2) is 5.78 Å². The van der Waals surface area contributed by atoms with Gasteiger partial charge in [0.1, 0.15) is 10.8 Å². The second-order valence-corrected chi connectivity index (χ2v) is 4.24. The Morgan fingerprint density at radius 2 is 2.31 bits per heavy atom. The van der Waals surface area contributed by atoms with Crippen LogP contribution in [-0.2, 0) is 6.42 Å². The second-order valence-electron chi connectivity index (χ2n) is 3.26. The van der Waals surface area contributed by atoms with Crippen molar-refractivity contribution in [2.75, 3.05) is 5.73 Å². The molecule has 5 heteroatoms. The van der Waals surface area contributed by atoms with Crippen molar-refractivity contribution >= 4 is 22.8 Å². The zero-order valence-corrected chi connectivity index (χ0v) is 9.13. The van der Waals surface area contributed by atoms with Gasteiger partial charge in [-0.15, -0.1) is 11.3 Å². The van der Waals surface area contributed by atoms with Crippen molar-refractivity contribution in [3.63, 3.8) is 0 Å². The van der Waals surface area contributed by atoms with Crippen LogP contribution in [0.15, 0.2) is 29.8 Å². The fraction of sp³-hybridized carbons (Fsp3) is 0.0909. The Labute approximate surface area is 95.7 Å². The Bertz CT molecular complexity index is 511. The van der Waals surface area contributed by atoms with Gasteiger partial charge in [-0.05, 0) is 18.2 Å². The average molecular weight is 236 g/mol. The summed E-state index contributed by atoms with van der Waals surface area (Å²) in [5, 5.41) is 2.52. The van der Waals surface area contributed by atoms with Gasteiger partial charge in [0.25, 0.3) is 0 Å². The monoisotopic (exact) mass is 236 g/mol. The van der Waals surface area contributed by atoms with Gasteiger partial charge in [0.05, 0.1) is 12.1 Å². The minimum atomic E-state index is -0.565. The van der Waals surface area contributed by atoms with E-state index in [9.17, 15) is 9.18 Å². The fourth-order valence-electron chi connectivity index (χ4n) is 1.28. The fourth-order valence-corrected chi connectivity index (χ4v) is 1.90. The summed E-state index contributed by atoms with van der Waals surface area (Å²) >= 11 is 1.40. The lowest BCUT2D eigenvalue weighted by Crippen LogP contribution is -2.04. The molecule has 0 aliphatic carbocycles. The van der Waals surface area contributed by atoms with Gasteiger partial charge in [0, 0.05) is 17.1 Å². The summed E-state index contributed by atoms with van der Waals surface area (Å²) in [6.45, 7) is 0. The van der Waals surface area contributed by atoms with E-state index >= 15 is 0 Å². The number of Topliss-reactive ketones (excluding diaryl/α,β-unsaturated/α-hetero) is 1. The number of hydrogen-bond acceptors (Lipinski definition) is 4. The molecule has 2 aromatic rings. The third-order valence-corrected chi connectivity index (χ3v) is 2.90. The predicted molar refractivity (Wildman–Crippen MR) is 61.0 cm³/mol. The maximum absolute atomic E-state index is 13.1. The number of nitrogen functional groups attached to an aromatic ring is 1. The summed E-state index contributed by atoms with van der Waals surface area (Å²) in [5.74, 6) is -0.723. The molecule has 0 fully saturated rings. The molecule has 1 aromatic carbocycles. The van der Waals surface area contributed by atoms with Crippen LogP contribution in [0.1, 0.15) is 15.4 Å². The molecule has 0 saturated heterocycles. The first-order valence-corrected chi connectivity index (χ1v) is 5.51. The summed E-state index contributed by atoms with van der Waals surface area (Å²) in [7, 11) is 0. The van der Waals surface area contributed by atoms with Crippen LogP contribution < -0.4 is 5.73 Å². The summed E-state index contributed by atoms with van der Waals surface area (Å²) in [4.78, 5) is 15.7. The molecule has 2 rings (SSSR count). The largest absolute Gasteiger partial charge is 0.396 e. The highest BCUT2D eigenvalue weighted by Gasteiger charge is 2.10. The minimum Gasteiger partial charge on any atom is -0.396 e. The lowest BCUT2D eigenvalue weighted by Gasteiger charge is -2.01. The molecular weight excluding hydrogens is 227 g/mol. The summed E-state index contributed by atoms with van der Waals surface area (Å²) < 4.78 is 13.1. The van der Waals surface area contributed by atoms with Gasteiger partial charge < -0.3 is 5.73 Å². The minimum absolute atomic E-state index is 0.0470. The van der Waals surface area contributed by atoms with Gasteiger partial charge >= 0.3 is 0 Å². The molecule has 1 aromatic heterocycles. The van der Waals surface area contributed by atoms with Crippen molar-refractivity contribution in [1.29, 1.82) is 0 Å². The maximum Gasteiger partial charge on any atom is 0.169 e. The lowest BCUT2D eigenvalue weighted by atomic mass is 10.1. The standard InChI is InChI=1S/C11H9FN2OS/c12-8-5-7(1-2-9(8)13)10(15)6-11-14-3-4-16-11/h1-5H,6,13H2. The van der Waals surface area contributed by atoms with E-state index in [1.54, 1.807) is 11.6 Å². The molecule has 0 spiro atoms. The molecule has 0 unspecified atom stereocenters. The highest BCUT2D eigenvalue weighted by molar-refractivity contribution is 7.09. The van der Waals surface area contributed by atoms with Crippen LogP contribution >= 0.6 is 11.3 Å². The molecule has 2 N–H and O–H groups in total. The van der Waals surface area contributed by atoms with Crippen molar-refractivity contribution in [2.24, 2.45) is 0 Å². The molecule has 0 aliphatic heterocycles. The van der Waals surface area contributed by atoms with Crippen molar-refractivity contribution < 1.29 is 9.18 Å². The third kappa shape index (κ3) is 2.25. The number of nitrogens with zero attached hydrogens (tertiary/aromatic N) is 1. The number of hydrogen-bond donors (Lipinski definition) is 1. The number of carbonyl (C=O) groups excluding carboxylic acids is 1. The third-order valence-electron chi connectivity index (χ3n) is 2.12. The Morgan fingerprint density at radius 1 is 1.50 bits per heavy atom. The van der Waals surface area contributed by atoms with Crippen molar-refractivity contribution in [2.45, 2.75) is 6.42 Å². The van der Waals surface area contributed by atoms with Gasteiger partial charge in [0.2, 0.25) is 0 Å². The number of thiazole rings is 1. The van der Waals surface area contributed by atoms with E-state index in [0.717, 1.165) is 11.1 Å². The van der Waals surface area contributed by atoms with Crippen molar-refractivity contribution in [3.8, 4) is 0 Å². The van der Waals surface area contributed by atoms with E-state index in [1.807, 2.05) is 0 Å². The smallest absolute Gasteiger partial charge is 0.169 e. The second kappa shape index (κ2) is 4.40. The predicted octanol–water partition coefficient (Wildman–Crippen LogP) is 2.29. The summed E-state index contributed by atoms with van der Waals surface area (Å²) in [6.07, 6.45) is 1.83. The van der Waals surface area contributed by atoms with Gasteiger partial charge in [-0.2, -0.15) is 0 Å². The highest BCUT2D eigenvalue weighted by Crippen LogP contribution is 2.15. The topological polar surface area (TPSA) is 56.0 Å². The SMILES string of the molecule is Nc1ccc(C(=O)Cc2nccs2)cc1F. The Balaban J connectivity index is 2.18. The number of aromatic nitrogens is 1. The molecule has 16 heavy (non-hydrogen) atoms. The van der Waals surface area contributed by atoms with E-state index in [1.165, 1.54) is 23.5 Å². The Hall–Kier alpha value is -1.75. The molecule has 0 aliphatic rings. The van der Waals surface area contributed by atoms with Crippen LogP contribution in [0.4, 0.5) is 10.1 Å². The van der Waals surface area contributed by atoms with Crippen LogP contribution in [0, 0.1) is 5.82 Å². The Morgan fingerprint density at radius 3 is 2.94 bits per heavy atom. The lowest BCUT2D eigenvalue weighted by molar-refractivity contribution is 0.0992. The first kappa shape index (κ1) is 10.8. The van der Waals surface area contributed by atoms with Crippen LogP contribution in [0.2, 0.25) is 0 Å². The van der Waals surface area contributed by atoms with E-state index in [0.29, 0.717) is 5.56 Å². The van der Waals surface area contributed by atoms with E-state index in [-0.39, 0.29) is 17.9 Å². The molecule has 0 radical (unpaired) electrons. The first-order chi connectivity index (χ1) is 7.66. The molecular formula is C11H9FN2OS. The molecule has 0 bridgehead atoms. The first-order valence-electron chi connectivity index (χ1n) is 4.63. The number of carbonyl (C=O) groups is 1. The number of nitrogens with two attached hydrogens (primary N) is 1. The average Bonchev–Trinajstić information content (AvgIpc) is 2.74. The zero-order valence-electron chi connectivity index (χ0n) is 8.31. The molecule has 0 atom stereocenters. The van der Waals surface area contributed by atoms with E-state index in [2.05, 4.69) is 4.98 Å². The number of benzene rings is 1. The number of ketones is 1.